The first-order valence-corrected chi connectivity index (χ1v) is 8.24. The van der Waals surface area contributed by atoms with Crippen molar-refractivity contribution in [1.82, 2.24) is 14.6 Å². The van der Waals surface area contributed by atoms with Crippen molar-refractivity contribution in [3.8, 4) is 0 Å². The number of rotatable bonds is 5. The third-order valence-corrected chi connectivity index (χ3v) is 4.51. The Morgan fingerprint density at radius 3 is 2.87 bits per heavy atom. The van der Waals surface area contributed by atoms with E-state index in [1.165, 1.54) is 28.0 Å². The molecular weight excluding hydrogens is 315 g/mol. The third-order valence-electron chi connectivity index (χ3n) is 3.49. The van der Waals surface area contributed by atoms with Crippen LogP contribution < -0.4 is 10.5 Å². The quantitative estimate of drug-likeness (QED) is 0.721. The van der Waals surface area contributed by atoms with E-state index in [9.17, 15) is 9.18 Å². The number of hydrogen-bond acceptors (Lipinski definition) is 5. The molecule has 0 radical (unpaired) electrons. The Kier molecular flexibility index (Phi) is 4.38. The van der Waals surface area contributed by atoms with Crippen LogP contribution in [0.4, 0.5) is 9.52 Å². The maximum absolute atomic E-state index is 13.8. The Balaban J connectivity index is 1.92. The predicted octanol–water partition coefficient (Wildman–Crippen LogP) is 2.88. The Labute approximate surface area is 137 Å². The second-order valence-electron chi connectivity index (χ2n) is 5.36. The molecule has 0 aliphatic rings. The summed E-state index contributed by atoms with van der Waals surface area (Å²) in [5.74, 6) is -0.249. The fourth-order valence-electron chi connectivity index (χ4n) is 2.33. The normalized spacial score (nSPS) is 11.1. The highest BCUT2D eigenvalue weighted by atomic mass is 32.1. The van der Waals surface area contributed by atoms with Crippen LogP contribution in [0.5, 0.6) is 0 Å². The smallest absolute Gasteiger partial charge is 0.275 e. The molecule has 2 aromatic heterocycles. The summed E-state index contributed by atoms with van der Waals surface area (Å²) in [6, 6.07) is 8.16. The summed E-state index contributed by atoms with van der Waals surface area (Å²) in [6.07, 6.45) is 1.70. The highest BCUT2D eigenvalue weighted by Gasteiger charge is 2.13. The lowest BCUT2D eigenvalue weighted by Crippen LogP contribution is -2.19. The lowest BCUT2D eigenvalue weighted by Gasteiger charge is -2.15. The molecule has 0 aliphatic carbocycles. The fourth-order valence-corrected chi connectivity index (χ4v) is 3.22. The molecule has 0 N–H and O–H groups in total. The van der Waals surface area contributed by atoms with E-state index in [0.717, 1.165) is 18.5 Å². The van der Waals surface area contributed by atoms with Crippen molar-refractivity contribution in [2.24, 2.45) is 0 Å². The Bertz CT molecular complexity index is 889. The monoisotopic (exact) mass is 332 g/mol. The molecule has 0 aliphatic heterocycles. The van der Waals surface area contributed by atoms with E-state index in [-0.39, 0.29) is 11.4 Å². The van der Waals surface area contributed by atoms with Gasteiger partial charge < -0.3 is 4.90 Å². The second-order valence-corrected chi connectivity index (χ2v) is 6.30. The highest BCUT2D eigenvalue weighted by Crippen LogP contribution is 2.22. The zero-order valence-electron chi connectivity index (χ0n) is 13.0. The summed E-state index contributed by atoms with van der Waals surface area (Å²) in [6.45, 7) is 2.42. The van der Waals surface area contributed by atoms with Crippen LogP contribution >= 0.6 is 11.3 Å². The van der Waals surface area contributed by atoms with Crippen LogP contribution in [-0.4, -0.2) is 21.6 Å². The fraction of sp³-hybridized carbons (Fsp3) is 0.312. The van der Waals surface area contributed by atoms with Crippen LogP contribution in [0.2, 0.25) is 0 Å². The van der Waals surface area contributed by atoms with Crippen LogP contribution in [0.3, 0.4) is 0 Å². The number of aromatic nitrogens is 3. The molecule has 0 saturated carbocycles. The maximum Gasteiger partial charge on any atom is 0.275 e. The minimum absolute atomic E-state index is 0.180. The zero-order chi connectivity index (χ0) is 16.4. The first kappa shape index (κ1) is 15.6. The molecule has 0 spiro atoms. The molecule has 0 saturated heterocycles. The van der Waals surface area contributed by atoms with Crippen LogP contribution in [0.25, 0.3) is 4.96 Å². The lowest BCUT2D eigenvalue weighted by molar-refractivity contribution is 0.607. The summed E-state index contributed by atoms with van der Waals surface area (Å²) < 4.78 is 15.1. The molecule has 3 aromatic rings. The Morgan fingerprint density at radius 1 is 1.35 bits per heavy atom. The van der Waals surface area contributed by atoms with Gasteiger partial charge in [-0.1, -0.05) is 42.9 Å². The second kappa shape index (κ2) is 6.45. The zero-order valence-corrected chi connectivity index (χ0v) is 13.8. The van der Waals surface area contributed by atoms with Gasteiger partial charge in [0.15, 0.2) is 0 Å². The molecule has 0 bridgehead atoms. The van der Waals surface area contributed by atoms with Gasteiger partial charge in [-0.25, -0.2) is 9.37 Å². The van der Waals surface area contributed by atoms with Crippen LogP contribution in [-0.2, 0) is 13.0 Å². The number of fused-ring (bicyclic) bond motifs is 1. The largest absolute Gasteiger partial charge is 0.345 e. The van der Waals surface area contributed by atoms with Gasteiger partial charge in [0.25, 0.3) is 5.56 Å². The van der Waals surface area contributed by atoms with Gasteiger partial charge in [0.05, 0.1) is 0 Å². The van der Waals surface area contributed by atoms with Gasteiger partial charge in [0, 0.05) is 30.9 Å². The summed E-state index contributed by atoms with van der Waals surface area (Å²) in [5.41, 5.74) is 1.19. The van der Waals surface area contributed by atoms with Gasteiger partial charge in [-0.3, -0.25) is 4.79 Å². The van der Waals surface area contributed by atoms with E-state index >= 15 is 0 Å². The molecule has 0 fully saturated rings. The SMILES string of the molecule is CCCc1cc(=O)n2nc(N(C)Cc3ccccc3F)sc2n1. The van der Waals surface area contributed by atoms with E-state index < -0.39 is 0 Å². The van der Waals surface area contributed by atoms with Crippen LogP contribution in [0, 0.1) is 5.82 Å². The van der Waals surface area contributed by atoms with Gasteiger partial charge >= 0.3 is 0 Å². The minimum Gasteiger partial charge on any atom is -0.345 e. The third kappa shape index (κ3) is 3.24. The van der Waals surface area contributed by atoms with E-state index in [1.807, 2.05) is 18.9 Å². The molecule has 23 heavy (non-hydrogen) atoms. The van der Waals surface area contributed by atoms with Crippen molar-refractivity contribution in [3.63, 3.8) is 0 Å². The number of hydrogen-bond donors (Lipinski definition) is 0. The van der Waals surface area contributed by atoms with E-state index in [2.05, 4.69) is 10.1 Å². The Morgan fingerprint density at radius 2 is 2.13 bits per heavy atom. The van der Waals surface area contributed by atoms with Crippen molar-refractivity contribution in [1.29, 1.82) is 0 Å². The van der Waals surface area contributed by atoms with Crippen molar-refractivity contribution in [2.75, 3.05) is 11.9 Å². The lowest BCUT2D eigenvalue weighted by atomic mass is 10.2. The van der Waals surface area contributed by atoms with E-state index in [4.69, 9.17) is 0 Å². The average Bonchev–Trinajstić information content (AvgIpc) is 2.95. The van der Waals surface area contributed by atoms with Gasteiger partial charge in [0.1, 0.15) is 5.82 Å². The standard InChI is InChI=1S/C16H17FN4OS/c1-3-6-12-9-14(22)21-15(18-12)23-16(19-21)20(2)10-11-7-4-5-8-13(11)17/h4-5,7-9H,3,6,10H2,1-2H3. The van der Waals surface area contributed by atoms with Crippen molar-refractivity contribution >= 4 is 21.4 Å². The predicted molar refractivity (Wildman–Crippen MR) is 89.6 cm³/mol. The van der Waals surface area contributed by atoms with Gasteiger partial charge in [0.2, 0.25) is 10.1 Å². The topological polar surface area (TPSA) is 50.5 Å². The molecular formula is C16H17FN4OS. The molecule has 0 amide bonds. The summed E-state index contributed by atoms with van der Waals surface area (Å²) in [5, 5.41) is 4.93. The van der Waals surface area contributed by atoms with E-state index in [1.54, 1.807) is 18.2 Å². The maximum atomic E-state index is 13.8. The molecule has 0 atom stereocenters. The minimum atomic E-state index is -0.249. The van der Waals surface area contributed by atoms with Crippen LogP contribution in [0.1, 0.15) is 24.6 Å². The molecule has 120 valence electrons. The van der Waals surface area contributed by atoms with Crippen molar-refractivity contribution in [2.45, 2.75) is 26.3 Å². The summed E-state index contributed by atoms with van der Waals surface area (Å²) in [7, 11) is 1.82. The van der Waals surface area contributed by atoms with Crippen molar-refractivity contribution < 1.29 is 4.39 Å². The number of benzene rings is 1. The number of halogens is 1. The molecule has 3 rings (SSSR count). The number of nitrogens with zero attached hydrogens (tertiary/aromatic N) is 4. The summed E-state index contributed by atoms with van der Waals surface area (Å²) >= 11 is 1.33. The van der Waals surface area contributed by atoms with Gasteiger partial charge in [-0.15, -0.1) is 5.10 Å². The first-order chi connectivity index (χ1) is 11.1. The number of anilines is 1. The molecule has 5 nitrogen and oxygen atoms in total. The van der Waals surface area contributed by atoms with Crippen LogP contribution in [0.15, 0.2) is 35.1 Å². The molecule has 2 heterocycles. The van der Waals surface area contributed by atoms with E-state index in [0.29, 0.717) is 22.2 Å². The Hall–Kier alpha value is -2.28. The first-order valence-electron chi connectivity index (χ1n) is 7.43. The molecule has 1 aromatic carbocycles. The van der Waals surface area contributed by atoms with Gasteiger partial charge in [-0.05, 0) is 12.5 Å². The van der Waals surface area contributed by atoms with Gasteiger partial charge in [-0.2, -0.15) is 4.52 Å². The summed E-state index contributed by atoms with van der Waals surface area (Å²) in [4.78, 5) is 19.0. The highest BCUT2D eigenvalue weighted by molar-refractivity contribution is 7.20. The van der Waals surface area contributed by atoms with Crippen molar-refractivity contribution in [3.05, 3.63) is 57.8 Å². The number of aryl methyl sites for hydroxylation is 1. The molecule has 0 unspecified atom stereocenters. The molecule has 7 heteroatoms. The average molecular weight is 332 g/mol.